The van der Waals surface area contributed by atoms with Crippen LogP contribution in [0.4, 0.5) is 0 Å². The summed E-state index contributed by atoms with van der Waals surface area (Å²) >= 11 is 5.57. The number of halogens is 1. The van der Waals surface area contributed by atoms with Gasteiger partial charge in [0.25, 0.3) is 5.95 Å². The third-order valence-electron chi connectivity index (χ3n) is 1.23. The van der Waals surface area contributed by atoms with Crippen LogP contribution in [0.25, 0.3) is 0 Å². The highest BCUT2D eigenvalue weighted by atomic mass is 35.5. The van der Waals surface area contributed by atoms with Gasteiger partial charge in [-0.1, -0.05) is 0 Å². The van der Waals surface area contributed by atoms with Crippen LogP contribution in [0.3, 0.4) is 0 Å². The normalized spacial score (nSPS) is 11.7. The molecule has 76 valence electrons. The molecule has 3 nitrogen and oxygen atoms in total. The maximum Gasteiger partial charge on any atom is 0.282 e. The molecule has 0 saturated heterocycles. The van der Waals surface area contributed by atoms with Gasteiger partial charge in [-0.05, 0) is 20.8 Å². The summed E-state index contributed by atoms with van der Waals surface area (Å²) in [5, 5.41) is -0.545. The standard InChI is InChI=1S/C9H15ClO3/c1-4-12-9(13-5-2)6-8(11)7(3)10/h6-7H,4-5H2,1-3H3. The second-order valence-electron chi connectivity index (χ2n) is 2.35. The average molecular weight is 207 g/mol. The van der Waals surface area contributed by atoms with Crippen LogP contribution in [-0.2, 0) is 14.3 Å². The number of carbonyl (C=O) groups is 1. The third kappa shape index (κ3) is 5.53. The fraction of sp³-hybridized carbons (Fsp3) is 0.667. The second-order valence-corrected chi connectivity index (χ2v) is 3.00. The number of ether oxygens (including phenoxy) is 2. The van der Waals surface area contributed by atoms with Gasteiger partial charge >= 0.3 is 0 Å². The van der Waals surface area contributed by atoms with Crippen LogP contribution in [0.1, 0.15) is 20.8 Å². The molecule has 0 aliphatic carbocycles. The van der Waals surface area contributed by atoms with Gasteiger partial charge in [0, 0.05) is 0 Å². The first-order valence-electron chi connectivity index (χ1n) is 4.27. The van der Waals surface area contributed by atoms with Crippen molar-refractivity contribution in [2.24, 2.45) is 0 Å². The Morgan fingerprint density at radius 3 is 2.15 bits per heavy atom. The third-order valence-corrected chi connectivity index (χ3v) is 1.44. The second kappa shape index (κ2) is 6.78. The number of hydrogen-bond acceptors (Lipinski definition) is 3. The van der Waals surface area contributed by atoms with E-state index < -0.39 is 5.38 Å². The topological polar surface area (TPSA) is 35.5 Å². The van der Waals surface area contributed by atoms with E-state index in [0.29, 0.717) is 13.2 Å². The molecule has 1 unspecified atom stereocenters. The Kier molecular flexibility index (Phi) is 6.41. The molecule has 0 fully saturated rings. The lowest BCUT2D eigenvalue weighted by atomic mass is 10.3. The van der Waals surface area contributed by atoms with E-state index in [0.717, 1.165) is 0 Å². The van der Waals surface area contributed by atoms with Gasteiger partial charge in [-0.25, -0.2) is 0 Å². The Morgan fingerprint density at radius 2 is 1.85 bits per heavy atom. The summed E-state index contributed by atoms with van der Waals surface area (Å²) in [6.45, 7) is 6.18. The maximum atomic E-state index is 11.1. The van der Waals surface area contributed by atoms with Crippen LogP contribution in [0.5, 0.6) is 0 Å². The van der Waals surface area contributed by atoms with Crippen molar-refractivity contribution in [1.29, 1.82) is 0 Å². The zero-order chi connectivity index (χ0) is 10.3. The van der Waals surface area contributed by atoms with Crippen LogP contribution in [-0.4, -0.2) is 24.4 Å². The minimum atomic E-state index is -0.545. The monoisotopic (exact) mass is 206 g/mol. The Bertz CT molecular complexity index is 179. The van der Waals surface area contributed by atoms with Crippen LogP contribution in [0.15, 0.2) is 12.0 Å². The molecule has 0 aliphatic heterocycles. The lowest BCUT2D eigenvalue weighted by Gasteiger charge is -2.08. The Hall–Kier alpha value is -0.700. The SMILES string of the molecule is CCOC(=CC(=O)C(C)Cl)OCC. The zero-order valence-electron chi connectivity index (χ0n) is 8.17. The summed E-state index contributed by atoms with van der Waals surface area (Å²) in [5.74, 6) is 0.0288. The quantitative estimate of drug-likeness (QED) is 0.379. The Labute approximate surface area is 83.7 Å². The lowest BCUT2D eigenvalue weighted by Crippen LogP contribution is -2.09. The summed E-state index contributed by atoms with van der Waals surface area (Å²) < 4.78 is 10.1. The predicted molar refractivity (Wildman–Crippen MR) is 51.7 cm³/mol. The molecule has 4 heteroatoms. The van der Waals surface area contributed by atoms with Crippen molar-refractivity contribution >= 4 is 17.4 Å². The van der Waals surface area contributed by atoms with Gasteiger partial charge in [0.15, 0.2) is 5.78 Å². The molecule has 0 amide bonds. The molecule has 0 aliphatic rings. The minimum Gasteiger partial charge on any atom is -0.466 e. The van der Waals surface area contributed by atoms with Crippen LogP contribution < -0.4 is 0 Å². The van der Waals surface area contributed by atoms with Crippen LogP contribution >= 0.6 is 11.6 Å². The number of hydrogen-bond donors (Lipinski definition) is 0. The highest BCUT2D eigenvalue weighted by Crippen LogP contribution is 2.04. The highest BCUT2D eigenvalue weighted by molar-refractivity contribution is 6.32. The number of allylic oxidation sites excluding steroid dienone is 1. The van der Waals surface area contributed by atoms with E-state index in [1.165, 1.54) is 6.08 Å². The lowest BCUT2D eigenvalue weighted by molar-refractivity contribution is -0.114. The minimum absolute atomic E-state index is 0.210. The van der Waals surface area contributed by atoms with Gasteiger partial charge in [0.1, 0.15) is 0 Å². The Morgan fingerprint density at radius 1 is 1.38 bits per heavy atom. The summed E-state index contributed by atoms with van der Waals surface area (Å²) in [4.78, 5) is 11.1. The molecule has 0 spiro atoms. The predicted octanol–water partition coefficient (Wildman–Crippen LogP) is 2.10. The molecule has 0 bridgehead atoms. The van der Waals surface area contributed by atoms with Crippen molar-refractivity contribution in [3.63, 3.8) is 0 Å². The van der Waals surface area contributed by atoms with E-state index in [9.17, 15) is 4.79 Å². The maximum absolute atomic E-state index is 11.1. The average Bonchev–Trinajstić information content (AvgIpc) is 2.05. The first-order valence-corrected chi connectivity index (χ1v) is 4.70. The van der Waals surface area contributed by atoms with Gasteiger partial charge in [0.05, 0.1) is 24.7 Å². The van der Waals surface area contributed by atoms with Crippen LogP contribution in [0.2, 0.25) is 0 Å². The molecule has 0 rings (SSSR count). The molecule has 0 N–H and O–H groups in total. The molecule has 0 heterocycles. The number of alkyl halides is 1. The van der Waals surface area contributed by atoms with E-state index in [1.54, 1.807) is 6.92 Å². The van der Waals surface area contributed by atoms with E-state index in [2.05, 4.69) is 0 Å². The number of ketones is 1. The summed E-state index contributed by atoms with van der Waals surface area (Å²) in [5.41, 5.74) is 0. The fourth-order valence-corrected chi connectivity index (χ4v) is 0.703. The van der Waals surface area contributed by atoms with Gasteiger partial charge in [-0.3, -0.25) is 4.79 Å². The molecule has 0 aromatic rings. The first-order chi connectivity index (χ1) is 6.11. The summed E-state index contributed by atoms with van der Waals surface area (Å²) in [6, 6.07) is 0. The summed E-state index contributed by atoms with van der Waals surface area (Å²) in [6.07, 6.45) is 1.28. The zero-order valence-corrected chi connectivity index (χ0v) is 8.93. The van der Waals surface area contributed by atoms with E-state index in [-0.39, 0.29) is 11.7 Å². The van der Waals surface area contributed by atoms with E-state index in [4.69, 9.17) is 21.1 Å². The van der Waals surface area contributed by atoms with Crippen molar-refractivity contribution in [1.82, 2.24) is 0 Å². The number of carbonyl (C=O) groups excluding carboxylic acids is 1. The first kappa shape index (κ1) is 12.3. The van der Waals surface area contributed by atoms with Crippen molar-refractivity contribution in [3.05, 3.63) is 12.0 Å². The van der Waals surface area contributed by atoms with E-state index in [1.807, 2.05) is 13.8 Å². The molecule has 0 radical (unpaired) electrons. The molecule has 0 aromatic heterocycles. The Balaban J connectivity index is 4.24. The van der Waals surface area contributed by atoms with Gasteiger partial charge < -0.3 is 9.47 Å². The molecule has 0 aromatic carbocycles. The van der Waals surface area contributed by atoms with Crippen molar-refractivity contribution in [2.75, 3.05) is 13.2 Å². The molecule has 13 heavy (non-hydrogen) atoms. The summed E-state index contributed by atoms with van der Waals surface area (Å²) in [7, 11) is 0. The van der Waals surface area contributed by atoms with Gasteiger partial charge in [-0.15, -0.1) is 11.6 Å². The molecule has 1 atom stereocenters. The van der Waals surface area contributed by atoms with Crippen molar-refractivity contribution in [3.8, 4) is 0 Å². The largest absolute Gasteiger partial charge is 0.466 e. The van der Waals surface area contributed by atoms with Gasteiger partial charge in [-0.2, -0.15) is 0 Å². The molecule has 0 saturated carbocycles. The van der Waals surface area contributed by atoms with Crippen molar-refractivity contribution in [2.45, 2.75) is 26.1 Å². The smallest absolute Gasteiger partial charge is 0.282 e. The molecular weight excluding hydrogens is 192 g/mol. The highest BCUT2D eigenvalue weighted by Gasteiger charge is 2.09. The van der Waals surface area contributed by atoms with Crippen LogP contribution in [0, 0.1) is 0 Å². The van der Waals surface area contributed by atoms with E-state index >= 15 is 0 Å². The number of rotatable bonds is 6. The van der Waals surface area contributed by atoms with Crippen molar-refractivity contribution < 1.29 is 14.3 Å². The fourth-order valence-electron chi connectivity index (χ4n) is 0.641. The van der Waals surface area contributed by atoms with Gasteiger partial charge in [0.2, 0.25) is 0 Å². The molecular formula is C9H15ClO3.